The molecule has 0 aliphatic rings. The summed E-state index contributed by atoms with van der Waals surface area (Å²) in [7, 11) is 1.48. The average Bonchev–Trinajstić information content (AvgIpc) is 3.56. The fraction of sp³-hybridized carbons (Fsp3) is 0.280. The quantitative estimate of drug-likeness (QED) is 0.403. The summed E-state index contributed by atoms with van der Waals surface area (Å²) in [6.07, 6.45) is 6.12. The highest BCUT2D eigenvalue weighted by Gasteiger charge is 2.31. The minimum atomic E-state index is -0.788. The van der Waals surface area contributed by atoms with Gasteiger partial charge in [0.1, 0.15) is 17.8 Å². The second-order valence-corrected chi connectivity index (χ2v) is 8.71. The van der Waals surface area contributed by atoms with Crippen molar-refractivity contribution in [1.82, 2.24) is 24.5 Å². The highest BCUT2D eigenvalue weighted by atomic mass is 16.5. The molecule has 11 heteroatoms. The molecule has 0 bridgehead atoms. The van der Waals surface area contributed by atoms with Crippen molar-refractivity contribution in [1.29, 1.82) is 5.26 Å². The highest BCUT2D eigenvalue weighted by Crippen LogP contribution is 2.39. The second-order valence-electron chi connectivity index (χ2n) is 8.71. The van der Waals surface area contributed by atoms with E-state index in [1.165, 1.54) is 24.1 Å². The molecule has 1 amide bonds. The Balaban J connectivity index is 1.86. The molecule has 0 aliphatic heterocycles. The number of carbonyl (C=O) groups excluding carboxylic acids is 1. The Labute approximate surface area is 206 Å². The lowest BCUT2D eigenvalue weighted by Crippen LogP contribution is -2.29. The molecule has 0 fully saturated rings. The minimum Gasteiger partial charge on any atom is -0.501 e. The maximum atomic E-state index is 12.9. The van der Waals surface area contributed by atoms with Gasteiger partial charge in [-0.25, -0.2) is 4.98 Å². The Kier molecular flexibility index (Phi) is 6.69. The van der Waals surface area contributed by atoms with E-state index in [9.17, 15) is 20.0 Å². The Hall–Kier alpha value is -4.72. The zero-order valence-corrected chi connectivity index (χ0v) is 20.2. The van der Waals surface area contributed by atoms with Gasteiger partial charge in [-0.2, -0.15) is 10.4 Å². The summed E-state index contributed by atoms with van der Waals surface area (Å²) in [6.45, 7) is 5.86. The molecule has 1 aromatic carbocycles. The Morgan fingerprint density at radius 2 is 1.97 bits per heavy atom. The van der Waals surface area contributed by atoms with E-state index >= 15 is 0 Å². The van der Waals surface area contributed by atoms with Crippen LogP contribution in [0.5, 0.6) is 5.75 Å². The van der Waals surface area contributed by atoms with Gasteiger partial charge in [-0.05, 0) is 31.0 Å². The number of hydrogen-bond donors (Lipinski definition) is 2. The van der Waals surface area contributed by atoms with Crippen LogP contribution in [0, 0.1) is 11.3 Å². The van der Waals surface area contributed by atoms with Gasteiger partial charge in [0.25, 0.3) is 11.5 Å². The minimum absolute atomic E-state index is 0.116. The number of nitriles is 1. The van der Waals surface area contributed by atoms with Gasteiger partial charge >= 0.3 is 0 Å². The third-order valence-corrected chi connectivity index (χ3v) is 6.04. The lowest BCUT2D eigenvalue weighted by molar-refractivity contribution is 0.101. The molecule has 0 saturated heterocycles. The molecule has 0 radical (unpaired) electrons. The number of nitrogens with zero attached hydrogens (tertiary/aromatic N) is 6. The predicted octanol–water partition coefficient (Wildman–Crippen LogP) is 3.31. The fourth-order valence-corrected chi connectivity index (χ4v) is 4.18. The number of rotatable bonds is 7. The molecule has 2 N–H and O–H groups in total. The first-order chi connectivity index (χ1) is 17.2. The van der Waals surface area contributed by atoms with Gasteiger partial charge in [0, 0.05) is 31.1 Å². The zero-order chi connectivity index (χ0) is 26.0. The van der Waals surface area contributed by atoms with Crippen LogP contribution in [0.2, 0.25) is 0 Å². The van der Waals surface area contributed by atoms with Crippen LogP contribution in [0.25, 0.3) is 0 Å². The predicted molar refractivity (Wildman–Crippen MR) is 130 cm³/mol. The lowest BCUT2D eigenvalue weighted by atomic mass is 9.80. The van der Waals surface area contributed by atoms with Crippen LogP contribution in [0.4, 0.5) is 5.69 Å². The Morgan fingerprint density at radius 3 is 2.61 bits per heavy atom. The molecule has 0 spiro atoms. The molecule has 3 aromatic heterocycles. The zero-order valence-electron chi connectivity index (χ0n) is 20.2. The highest BCUT2D eigenvalue weighted by molar-refractivity contribution is 6.04. The normalized spacial score (nSPS) is 12.8. The fourth-order valence-electron chi connectivity index (χ4n) is 4.18. The van der Waals surface area contributed by atoms with Crippen molar-refractivity contribution in [3.63, 3.8) is 0 Å². The number of hydrogen-bond acceptors (Lipinski definition) is 8. The smallest absolute Gasteiger partial charge is 0.296 e. The molecule has 4 rings (SSSR count). The van der Waals surface area contributed by atoms with Crippen molar-refractivity contribution < 1.29 is 14.4 Å². The van der Waals surface area contributed by atoms with E-state index in [0.717, 1.165) is 11.1 Å². The SMILES string of the molecule is CC(C)n1cc([C@@H](c2ccccc2C#N)[C@@H](C)c2nc(C(=O)Nc3cnoc3)c(O)c(=O)n2C)cn1. The van der Waals surface area contributed by atoms with Crippen LogP contribution in [0.1, 0.15) is 71.7 Å². The van der Waals surface area contributed by atoms with Crippen LogP contribution < -0.4 is 10.9 Å². The topological polar surface area (TPSA) is 152 Å². The number of aromatic nitrogens is 5. The Bertz CT molecular complexity index is 1500. The first-order valence-electron chi connectivity index (χ1n) is 11.3. The third-order valence-electron chi connectivity index (χ3n) is 6.04. The number of nitrogens with one attached hydrogen (secondary N) is 1. The maximum absolute atomic E-state index is 12.9. The summed E-state index contributed by atoms with van der Waals surface area (Å²) >= 11 is 0. The van der Waals surface area contributed by atoms with Crippen LogP contribution >= 0.6 is 0 Å². The molecule has 4 aromatic rings. The second kappa shape index (κ2) is 9.87. The summed E-state index contributed by atoms with van der Waals surface area (Å²) in [6, 6.07) is 9.55. The van der Waals surface area contributed by atoms with E-state index in [-0.39, 0.29) is 17.6 Å². The molecule has 3 heterocycles. The van der Waals surface area contributed by atoms with Crippen LogP contribution in [0.15, 0.2) is 58.4 Å². The van der Waals surface area contributed by atoms with Gasteiger partial charge in [-0.3, -0.25) is 18.8 Å². The summed E-state index contributed by atoms with van der Waals surface area (Å²) in [5.41, 5.74) is 1.07. The monoisotopic (exact) mass is 487 g/mol. The molecule has 0 aliphatic carbocycles. The molecule has 36 heavy (non-hydrogen) atoms. The largest absolute Gasteiger partial charge is 0.501 e. The number of benzene rings is 1. The van der Waals surface area contributed by atoms with E-state index < -0.39 is 34.7 Å². The van der Waals surface area contributed by atoms with E-state index in [1.54, 1.807) is 18.3 Å². The molecule has 184 valence electrons. The van der Waals surface area contributed by atoms with E-state index in [1.807, 2.05) is 43.8 Å². The van der Waals surface area contributed by atoms with Crippen molar-refractivity contribution in [2.45, 2.75) is 38.6 Å². The first-order valence-corrected chi connectivity index (χ1v) is 11.3. The summed E-state index contributed by atoms with van der Waals surface area (Å²) in [5, 5.41) is 30.7. The van der Waals surface area contributed by atoms with Crippen LogP contribution in [0.3, 0.4) is 0 Å². The number of carbonyl (C=O) groups is 1. The summed E-state index contributed by atoms with van der Waals surface area (Å²) in [4.78, 5) is 30.2. The van der Waals surface area contributed by atoms with E-state index in [0.29, 0.717) is 5.56 Å². The van der Waals surface area contributed by atoms with Gasteiger partial charge in [0.2, 0.25) is 5.75 Å². The van der Waals surface area contributed by atoms with Gasteiger partial charge in [0.15, 0.2) is 5.69 Å². The molecule has 0 saturated carbocycles. The van der Waals surface area contributed by atoms with Crippen molar-refractivity contribution in [2.24, 2.45) is 7.05 Å². The number of amides is 1. The van der Waals surface area contributed by atoms with Crippen molar-refractivity contribution in [3.8, 4) is 11.8 Å². The van der Waals surface area contributed by atoms with Crippen molar-refractivity contribution in [3.05, 3.63) is 87.7 Å². The van der Waals surface area contributed by atoms with Gasteiger partial charge < -0.3 is 14.9 Å². The average molecular weight is 488 g/mol. The van der Waals surface area contributed by atoms with Crippen LogP contribution in [-0.4, -0.2) is 35.5 Å². The molecular formula is C25H25N7O4. The molecular weight excluding hydrogens is 462 g/mol. The molecule has 11 nitrogen and oxygen atoms in total. The number of anilines is 1. The third kappa shape index (κ3) is 4.48. The summed E-state index contributed by atoms with van der Waals surface area (Å²) in [5.74, 6) is -2.23. The molecule has 0 unspecified atom stereocenters. The lowest BCUT2D eigenvalue weighted by Gasteiger charge is -2.26. The maximum Gasteiger partial charge on any atom is 0.296 e. The van der Waals surface area contributed by atoms with E-state index in [2.05, 4.69) is 26.6 Å². The van der Waals surface area contributed by atoms with Gasteiger partial charge in [0.05, 0.1) is 24.0 Å². The van der Waals surface area contributed by atoms with Gasteiger partial charge in [-0.15, -0.1) is 0 Å². The first kappa shape index (κ1) is 24.4. The summed E-state index contributed by atoms with van der Waals surface area (Å²) < 4.78 is 7.73. The van der Waals surface area contributed by atoms with Gasteiger partial charge in [-0.1, -0.05) is 30.3 Å². The van der Waals surface area contributed by atoms with Crippen molar-refractivity contribution in [2.75, 3.05) is 5.32 Å². The number of aromatic hydroxyl groups is 1. The van der Waals surface area contributed by atoms with Crippen LogP contribution in [-0.2, 0) is 7.05 Å². The standard InChI is InChI=1S/C25H25N7O4/c1-14(2)32-12-17(10-27-32)20(19-8-6-5-7-16(19)9-26)15(3)23-30-21(22(33)25(35)31(23)4)24(34)29-18-11-28-36-13-18/h5-8,10-15,20,33H,1-4H3,(H,29,34)/t15-,20+/m1/s1. The molecule has 2 atom stereocenters. The van der Waals surface area contributed by atoms with Crippen molar-refractivity contribution >= 4 is 11.6 Å². The van der Waals surface area contributed by atoms with E-state index in [4.69, 9.17) is 4.52 Å². The Morgan fingerprint density at radius 1 is 1.22 bits per heavy atom.